The molecule has 0 spiro atoms. The second kappa shape index (κ2) is 12.2. The molecule has 0 radical (unpaired) electrons. The van der Waals surface area contributed by atoms with Gasteiger partial charge in [0, 0.05) is 22.0 Å². The Morgan fingerprint density at radius 1 is 0.333 bits per heavy atom. The Balaban J connectivity index is 1.15. The van der Waals surface area contributed by atoms with E-state index in [1.54, 1.807) is 0 Å². The zero-order valence-electron chi connectivity index (χ0n) is 29.4. The van der Waals surface area contributed by atoms with Gasteiger partial charge in [-0.25, -0.2) is 0 Å². The maximum Gasteiger partial charge on any atom is 0.160 e. The zero-order chi connectivity index (χ0) is 35.6. The van der Waals surface area contributed by atoms with Gasteiger partial charge in [0.05, 0.1) is 11.4 Å². The summed E-state index contributed by atoms with van der Waals surface area (Å²) in [6.45, 7) is 0. The molecule has 1 heterocycles. The standard InChI is InChI=1S/C52H33NO/c1-2-13-34(14-3-1)41-17-8-10-23-47(41)53(48-33-38-16-5-7-19-43(38)51-46-20-9-11-24-49(46)54-52(48)51)39-30-27-36(28-31-39)40-21-12-22-45-44(40)32-29-37-26-25-35-15-4-6-18-42(35)50(37)45/h1-33H. The maximum absolute atomic E-state index is 6.83. The Morgan fingerprint density at radius 3 is 1.80 bits per heavy atom. The molecule has 0 saturated heterocycles. The molecule has 54 heavy (non-hydrogen) atoms. The minimum Gasteiger partial charge on any atom is -0.454 e. The molecule has 252 valence electrons. The molecule has 0 aliphatic carbocycles. The van der Waals surface area contributed by atoms with Crippen LogP contribution < -0.4 is 4.90 Å². The van der Waals surface area contributed by atoms with Crippen molar-refractivity contribution in [3.63, 3.8) is 0 Å². The van der Waals surface area contributed by atoms with Crippen LogP contribution in [0.4, 0.5) is 17.1 Å². The summed E-state index contributed by atoms with van der Waals surface area (Å²) in [7, 11) is 0. The van der Waals surface area contributed by atoms with E-state index in [2.05, 4.69) is 199 Å². The molecule has 0 aliphatic rings. The Kier molecular flexibility index (Phi) is 6.90. The van der Waals surface area contributed by atoms with Crippen LogP contribution in [0.25, 0.3) is 87.3 Å². The molecular formula is C52H33NO. The highest BCUT2D eigenvalue weighted by molar-refractivity contribution is 6.24. The number of fused-ring (bicyclic) bond motifs is 10. The quantitative estimate of drug-likeness (QED) is 0.168. The average molecular weight is 688 g/mol. The van der Waals surface area contributed by atoms with Crippen LogP contribution in [-0.4, -0.2) is 0 Å². The lowest BCUT2D eigenvalue weighted by atomic mass is 9.92. The largest absolute Gasteiger partial charge is 0.454 e. The van der Waals surface area contributed by atoms with Crippen LogP contribution in [0.2, 0.25) is 0 Å². The van der Waals surface area contributed by atoms with Gasteiger partial charge in [-0.1, -0.05) is 170 Å². The number of nitrogens with zero attached hydrogens (tertiary/aromatic N) is 1. The first-order valence-electron chi connectivity index (χ1n) is 18.5. The van der Waals surface area contributed by atoms with Gasteiger partial charge in [-0.2, -0.15) is 0 Å². The second-order valence-corrected chi connectivity index (χ2v) is 14.0. The second-order valence-electron chi connectivity index (χ2n) is 14.0. The van der Waals surface area contributed by atoms with Gasteiger partial charge in [-0.05, 0) is 90.1 Å². The number of para-hydroxylation sites is 2. The van der Waals surface area contributed by atoms with Crippen LogP contribution >= 0.6 is 0 Å². The summed E-state index contributed by atoms with van der Waals surface area (Å²) in [4.78, 5) is 2.38. The number of anilines is 3. The van der Waals surface area contributed by atoms with Gasteiger partial charge in [0.1, 0.15) is 5.58 Å². The highest BCUT2D eigenvalue weighted by Gasteiger charge is 2.24. The number of benzene rings is 10. The van der Waals surface area contributed by atoms with E-state index in [9.17, 15) is 0 Å². The summed E-state index contributed by atoms with van der Waals surface area (Å²) >= 11 is 0. The minimum atomic E-state index is 0.870. The van der Waals surface area contributed by atoms with Gasteiger partial charge in [-0.3, -0.25) is 0 Å². The highest BCUT2D eigenvalue weighted by Crippen LogP contribution is 2.48. The molecule has 0 amide bonds. The molecule has 0 bridgehead atoms. The Morgan fingerprint density at radius 2 is 0.944 bits per heavy atom. The average Bonchev–Trinajstić information content (AvgIpc) is 3.64. The van der Waals surface area contributed by atoms with E-state index in [4.69, 9.17) is 4.42 Å². The Bertz CT molecular complexity index is 3210. The third-order valence-electron chi connectivity index (χ3n) is 11.0. The monoisotopic (exact) mass is 687 g/mol. The lowest BCUT2D eigenvalue weighted by Gasteiger charge is -2.28. The smallest absolute Gasteiger partial charge is 0.160 e. The van der Waals surface area contributed by atoms with E-state index in [-0.39, 0.29) is 0 Å². The van der Waals surface area contributed by atoms with Gasteiger partial charge in [-0.15, -0.1) is 0 Å². The first-order valence-corrected chi connectivity index (χ1v) is 18.5. The van der Waals surface area contributed by atoms with Gasteiger partial charge in [0.25, 0.3) is 0 Å². The van der Waals surface area contributed by atoms with E-state index in [1.165, 1.54) is 54.2 Å². The minimum absolute atomic E-state index is 0.870. The summed E-state index contributed by atoms with van der Waals surface area (Å²) < 4.78 is 6.83. The van der Waals surface area contributed by atoms with Crippen molar-refractivity contribution in [2.24, 2.45) is 0 Å². The summed E-state index contributed by atoms with van der Waals surface area (Å²) in [5.74, 6) is 0. The molecule has 0 N–H and O–H groups in total. The van der Waals surface area contributed by atoms with Gasteiger partial charge in [0.15, 0.2) is 5.58 Å². The van der Waals surface area contributed by atoms with Crippen molar-refractivity contribution in [1.29, 1.82) is 0 Å². The van der Waals surface area contributed by atoms with Gasteiger partial charge < -0.3 is 9.32 Å². The van der Waals surface area contributed by atoms with Crippen LogP contribution in [0.5, 0.6) is 0 Å². The van der Waals surface area contributed by atoms with E-state index in [1.807, 2.05) is 6.07 Å². The molecule has 11 aromatic rings. The first kappa shape index (κ1) is 30.5. The molecule has 2 nitrogen and oxygen atoms in total. The van der Waals surface area contributed by atoms with Crippen LogP contribution in [0.1, 0.15) is 0 Å². The lowest BCUT2D eigenvalue weighted by molar-refractivity contribution is 0.669. The van der Waals surface area contributed by atoms with Crippen LogP contribution in [0, 0.1) is 0 Å². The van der Waals surface area contributed by atoms with Crippen molar-refractivity contribution in [2.75, 3.05) is 4.90 Å². The predicted octanol–water partition coefficient (Wildman–Crippen LogP) is 15.0. The lowest BCUT2D eigenvalue weighted by Crippen LogP contribution is -2.11. The fourth-order valence-electron chi connectivity index (χ4n) is 8.57. The number of rotatable bonds is 5. The summed E-state index contributed by atoms with van der Waals surface area (Å²) in [6.07, 6.45) is 0. The molecule has 0 aliphatic heterocycles. The molecule has 0 saturated carbocycles. The third-order valence-corrected chi connectivity index (χ3v) is 11.0. The molecule has 0 fully saturated rings. The number of hydrogen-bond donors (Lipinski definition) is 0. The van der Waals surface area contributed by atoms with Crippen molar-refractivity contribution < 1.29 is 4.42 Å². The van der Waals surface area contributed by atoms with Crippen LogP contribution in [0.15, 0.2) is 205 Å². The SMILES string of the molecule is c1ccc(-c2ccccc2N(c2ccc(-c3cccc4c3ccc3ccc5ccccc5c34)cc2)c2cc3ccccc3c3c2oc2ccccc23)cc1. The van der Waals surface area contributed by atoms with Gasteiger partial charge >= 0.3 is 0 Å². The topological polar surface area (TPSA) is 16.4 Å². The van der Waals surface area contributed by atoms with E-state index < -0.39 is 0 Å². The Labute approximate surface area is 312 Å². The molecule has 10 aromatic carbocycles. The van der Waals surface area contributed by atoms with Crippen molar-refractivity contribution >= 4 is 82.1 Å². The van der Waals surface area contributed by atoms with Crippen LogP contribution in [0.3, 0.4) is 0 Å². The summed E-state index contributed by atoms with van der Waals surface area (Å²) in [5.41, 5.74) is 9.58. The molecule has 2 heteroatoms. The van der Waals surface area contributed by atoms with Crippen molar-refractivity contribution in [1.82, 2.24) is 0 Å². The molecule has 0 unspecified atom stereocenters. The van der Waals surface area contributed by atoms with Crippen molar-refractivity contribution in [3.05, 3.63) is 200 Å². The van der Waals surface area contributed by atoms with E-state index in [0.29, 0.717) is 0 Å². The zero-order valence-corrected chi connectivity index (χ0v) is 29.4. The summed E-state index contributed by atoms with van der Waals surface area (Å²) in [5, 5.41) is 12.2. The van der Waals surface area contributed by atoms with Crippen molar-refractivity contribution in [3.8, 4) is 22.3 Å². The van der Waals surface area contributed by atoms with E-state index >= 15 is 0 Å². The fourth-order valence-corrected chi connectivity index (χ4v) is 8.57. The molecular weight excluding hydrogens is 655 g/mol. The molecule has 1 aromatic heterocycles. The fraction of sp³-hybridized carbons (Fsp3) is 0. The molecule has 11 rings (SSSR count). The third kappa shape index (κ3) is 4.74. The van der Waals surface area contributed by atoms with E-state index in [0.717, 1.165) is 50.1 Å². The van der Waals surface area contributed by atoms with Gasteiger partial charge in [0.2, 0.25) is 0 Å². The highest BCUT2D eigenvalue weighted by atomic mass is 16.3. The van der Waals surface area contributed by atoms with Crippen molar-refractivity contribution in [2.45, 2.75) is 0 Å². The number of hydrogen-bond acceptors (Lipinski definition) is 2. The normalized spacial score (nSPS) is 11.7. The van der Waals surface area contributed by atoms with Crippen LogP contribution in [-0.2, 0) is 0 Å². The molecule has 0 atom stereocenters. The maximum atomic E-state index is 6.83. The number of furan rings is 1. The Hall–Kier alpha value is -7.16. The summed E-state index contributed by atoms with van der Waals surface area (Å²) in [6, 6.07) is 72.1. The first-order chi connectivity index (χ1) is 26.8. The predicted molar refractivity (Wildman–Crippen MR) is 229 cm³/mol.